The molecule has 3 N–H and O–H groups in total. The summed E-state index contributed by atoms with van der Waals surface area (Å²) in [5.41, 5.74) is 4.83. The number of likely N-dealkylation sites (tertiary alicyclic amines) is 1. The van der Waals surface area contributed by atoms with E-state index in [4.69, 9.17) is 5.73 Å². The summed E-state index contributed by atoms with van der Waals surface area (Å²) in [6.07, 6.45) is 1.62. The van der Waals surface area contributed by atoms with Crippen molar-refractivity contribution in [2.24, 2.45) is 5.73 Å². The zero-order valence-corrected chi connectivity index (χ0v) is 8.66. The molecule has 0 unspecified atom stereocenters. The molecule has 1 saturated heterocycles. The van der Waals surface area contributed by atoms with Crippen molar-refractivity contribution in [1.29, 1.82) is 0 Å². The molecule has 0 aromatic carbocycles. The molecule has 1 aliphatic heterocycles. The average molecular weight is 201 g/mol. The van der Waals surface area contributed by atoms with Gasteiger partial charge in [0.15, 0.2) is 0 Å². The molecule has 1 amide bonds. The number of hydrogen-bond acceptors (Lipinski definition) is 4. The van der Waals surface area contributed by atoms with E-state index in [2.05, 4.69) is 22.0 Å². The lowest BCUT2D eigenvalue weighted by Gasteiger charge is -2.29. The molecule has 0 atom stereocenters. The second-order valence-corrected chi connectivity index (χ2v) is 3.70. The molecule has 0 bridgehead atoms. The Bertz CT molecular complexity index is 179. The third kappa shape index (κ3) is 4.43. The maximum absolute atomic E-state index is 10.3. The molecule has 0 aromatic heterocycles. The molecule has 0 saturated carbocycles. The highest BCUT2D eigenvalue weighted by molar-refractivity contribution is 5.64. The van der Waals surface area contributed by atoms with Gasteiger partial charge in [-0.3, -0.25) is 0 Å². The Labute approximate surface area is 84.6 Å². The van der Waals surface area contributed by atoms with Crippen molar-refractivity contribution in [3.8, 4) is 0 Å². The van der Waals surface area contributed by atoms with Crippen LogP contribution in [0.2, 0.25) is 0 Å². The van der Waals surface area contributed by atoms with Crippen molar-refractivity contribution in [1.82, 2.24) is 10.2 Å². The summed E-state index contributed by atoms with van der Waals surface area (Å²) in [6, 6.07) is 0.558. The first-order valence-corrected chi connectivity index (χ1v) is 5.02. The van der Waals surface area contributed by atoms with Crippen LogP contribution in [0.15, 0.2) is 0 Å². The van der Waals surface area contributed by atoms with Gasteiger partial charge in [-0.15, -0.1) is 0 Å². The zero-order valence-electron chi connectivity index (χ0n) is 8.66. The van der Waals surface area contributed by atoms with E-state index in [1.165, 1.54) is 0 Å². The second kappa shape index (κ2) is 5.82. The minimum Gasteiger partial charge on any atom is -0.448 e. The molecule has 1 aliphatic rings. The molecular formula is C9H19N3O2. The Morgan fingerprint density at radius 1 is 1.57 bits per heavy atom. The maximum Gasteiger partial charge on any atom is 0.404 e. The monoisotopic (exact) mass is 201 g/mol. The number of primary amides is 1. The highest BCUT2D eigenvalue weighted by Gasteiger charge is 2.15. The number of nitrogens with two attached hydrogens (primary N) is 1. The van der Waals surface area contributed by atoms with E-state index in [0.29, 0.717) is 19.2 Å². The number of nitrogens with zero attached hydrogens (tertiary/aromatic N) is 1. The Morgan fingerprint density at radius 2 is 2.21 bits per heavy atom. The highest BCUT2D eigenvalue weighted by atomic mass is 16.5. The van der Waals surface area contributed by atoms with E-state index in [1.54, 1.807) is 0 Å². The van der Waals surface area contributed by atoms with Crippen LogP contribution >= 0.6 is 0 Å². The fourth-order valence-corrected chi connectivity index (χ4v) is 1.63. The van der Waals surface area contributed by atoms with E-state index < -0.39 is 6.09 Å². The van der Waals surface area contributed by atoms with Gasteiger partial charge in [-0.2, -0.15) is 0 Å². The van der Waals surface area contributed by atoms with Crippen LogP contribution in [0.25, 0.3) is 0 Å². The first kappa shape index (κ1) is 11.3. The number of carbonyl (C=O) groups is 1. The normalized spacial score (nSPS) is 19.5. The molecule has 1 rings (SSSR count). The lowest BCUT2D eigenvalue weighted by atomic mass is 10.1. The molecule has 1 fully saturated rings. The number of ether oxygens (including phenoxy) is 1. The van der Waals surface area contributed by atoms with Crippen LogP contribution in [-0.2, 0) is 4.74 Å². The zero-order chi connectivity index (χ0) is 10.4. The molecule has 5 nitrogen and oxygen atoms in total. The van der Waals surface area contributed by atoms with Gasteiger partial charge in [-0.25, -0.2) is 4.79 Å². The Kier molecular flexibility index (Phi) is 4.69. The SMILES string of the molecule is CN1CCC(NCCOC(N)=O)CC1. The summed E-state index contributed by atoms with van der Waals surface area (Å²) in [5.74, 6) is 0. The molecule has 5 heteroatoms. The number of hydrogen-bond donors (Lipinski definition) is 2. The molecule has 14 heavy (non-hydrogen) atoms. The number of piperidine rings is 1. The van der Waals surface area contributed by atoms with Crippen LogP contribution in [0.5, 0.6) is 0 Å². The van der Waals surface area contributed by atoms with Gasteiger partial charge < -0.3 is 20.7 Å². The Balaban J connectivity index is 1.99. The fraction of sp³-hybridized carbons (Fsp3) is 0.889. The lowest BCUT2D eigenvalue weighted by molar-refractivity contribution is 0.153. The van der Waals surface area contributed by atoms with Crippen LogP contribution in [0.3, 0.4) is 0 Å². The quantitative estimate of drug-likeness (QED) is 0.616. The second-order valence-electron chi connectivity index (χ2n) is 3.70. The van der Waals surface area contributed by atoms with Crippen molar-refractivity contribution >= 4 is 6.09 Å². The first-order valence-electron chi connectivity index (χ1n) is 5.02. The van der Waals surface area contributed by atoms with Crippen molar-refractivity contribution in [2.75, 3.05) is 33.3 Å². The fourth-order valence-electron chi connectivity index (χ4n) is 1.63. The molecule has 1 heterocycles. The number of amides is 1. The first-order chi connectivity index (χ1) is 6.68. The third-order valence-electron chi connectivity index (χ3n) is 2.50. The molecule has 0 aromatic rings. The van der Waals surface area contributed by atoms with Crippen molar-refractivity contribution in [3.63, 3.8) is 0 Å². The van der Waals surface area contributed by atoms with Gasteiger partial charge in [0.25, 0.3) is 0 Å². The maximum atomic E-state index is 10.3. The smallest absolute Gasteiger partial charge is 0.404 e. The van der Waals surface area contributed by atoms with Crippen molar-refractivity contribution < 1.29 is 9.53 Å². The molecule has 82 valence electrons. The van der Waals surface area contributed by atoms with Gasteiger partial charge in [-0.05, 0) is 33.0 Å². The Hall–Kier alpha value is -0.810. The number of rotatable bonds is 4. The molecule has 0 spiro atoms. The lowest BCUT2D eigenvalue weighted by Crippen LogP contribution is -2.42. The predicted molar refractivity (Wildman–Crippen MR) is 54.1 cm³/mol. The van der Waals surface area contributed by atoms with Crippen molar-refractivity contribution in [3.05, 3.63) is 0 Å². The highest BCUT2D eigenvalue weighted by Crippen LogP contribution is 2.07. The standard InChI is InChI=1S/C9H19N3O2/c1-12-5-2-8(3-6-12)11-4-7-14-9(10)13/h8,11H,2-7H2,1H3,(H2,10,13). The minimum absolute atomic E-state index is 0.363. The number of carbonyl (C=O) groups excluding carboxylic acids is 1. The van der Waals surface area contributed by atoms with Gasteiger partial charge >= 0.3 is 6.09 Å². The van der Waals surface area contributed by atoms with Crippen LogP contribution < -0.4 is 11.1 Å². The summed E-state index contributed by atoms with van der Waals surface area (Å²) in [5, 5.41) is 3.34. The van der Waals surface area contributed by atoms with E-state index in [1.807, 2.05) is 0 Å². The predicted octanol–water partition coefficient (Wildman–Crippen LogP) is -0.234. The average Bonchev–Trinajstić information content (AvgIpc) is 2.15. The van der Waals surface area contributed by atoms with Gasteiger partial charge in [0.05, 0.1) is 0 Å². The van der Waals surface area contributed by atoms with Crippen LogP contribution in [0, 0.1) is 0 Å². The van der Waals surface area contributed by atoms with Gasteiger partial charge in [0.1, 0.15) is 6.61 Å². The van der Waals surface area contributed by atoms with Crippen LogP contribution in [0.4, 0.5) is 4.79 Å². The van der Waals surface area contributed by atoms with Gasteiger partial charge in [0.2, 0.25) is 0 Å². The molecular weight excluding hydrogens is 182 g/mol. The van der Waals surface area contributed by atoms with Crippen LogP contribution in [0.1, 0.15) is 12.8 Å². The summed E-state index contributed by atoms with van der Waals surface area (Å²) in [7, 11) is 2.13. The van der Waals surface area contributed by atoms with E-state index in [0.717, 1.165) is 25.9 Å². The van der Waals surface area contributed by atoms with Gasteiger partial charge in [0, 0.05) is 12.6 Å². The minimum atomic E-state index is -0.699. The van der Waals surface area contributed by atoms with E-state index >= 15 is 0 Å². The third-order valence-corrected chi connectivity index (χ3v) is 2.50. The Morgan fingerprint density at radius 3 is 2.79 bits per heavy atom. The van der Waals surface area contributed by atoms with E-state index in [-0.39, 0.29) is 0 Å². The molecule has 0 aliphatic carbocycles. The molecule has 0 radical (unpaired) electrons. The summed E-state index contributed by atoms with van der Waals surface area (Å²) in [4.78, 5) is 12.6. The van der Waals surface area contributed by atoms with Crippen LogP contribution in [-0.4, -0.2) is 50.3 Å². The number of nitrogens with one attached hydrogen (secondary N) is 1. The van der Waals surface area contributed by atoms with E-state index in [9.17, 15) is 4.79 Å². The summed E-state index contributed by atoms with van der Waals surface area (Å²) < 4.78 is 4.62. The van der Waals surface area contributed by atoms with Gasteiger partial charge in [-0.1, -0.05) is 0 Å². The topological polar surface area (TPSA) is 67.6 Å². The van der Waals surface area contributed by atoms with Crippen molar-refractivity contribution in [2.45, 2.75) is 18.9 Å². The largest absolute Gasteiger partial charge is 0.448 e. The summed E-state index contributed by atoms with van der Waals surface area (Å²) >= 11 is 0. The summed E-state index contributed by atoms with van der Waals surface area (Å²) in [6.45, 7) is 3.32.